The molecule has 1 aliphatic carbocycles. The van der Waals surface area contributed by atoms with Gasteiger partial charge in [0, 0.05) is 17.7 Å². The lowest BCUT2D eigenvalue weighted by Gasteiger charge is -2.01. The molecule has 0 amide bonds. The van der Waals surface area contributed by atoms with E-state index in [0.717, 1.165) is 18.7 Å². The molecular weight excluding hydrogens is 228 g/mol. The maximum atomic E-state index is 11.3. The molecule has 5 nitrogen and oxygen atoms in total. The zero-order chi connectivity index (χ0) is 11.5. The van der Waals surface area contributed by atoms with Gasteiger partial charge in [-0.15, -0.1) is 11.8 Å². The van der Waals surface area contributed by atoms with Gasteiger partial charge in [-0.3, -0.25) is 9.59 Å². The molecule has 1 heterocycles. The Labute approximate surface area is 96.3 Å². The molecule has 0 aliphatic heterocycles. The molecule has 0 unspecified atom stereocenters. The first kappa shape index (κ1) is 11.2. The maximum absolute atomic E-state index is 11.3. The van der Waals surface area contributed by atoms with Gasteiger partial charge in [0.15, 0.2) is 0 Å². The minimum absolute atomic E-state index is 0.0813. The van der Waals surface area contributed by atoms with Crippen molar-refractivity contribution in [3.05, 3.63) is 22.2 Å². The fourth-order valence-electron chi connectivity index (χ4n) is 1.32. The van der Waals surface area contributed by atoms with E-state index in [9.17, 15) is 9.59 Å². The molecule has 1 aliphatic rings. The summed E-state index contributed by atoms with van der Waals surface area (Å²) in [5.74, 6) is 0.744. The van der Waals surface area contributed by atoms with Crippen molar-refractivity contribution >= 4 is 17.7 Å². The number of hydrogen-bond acceptors (Lipinski definition) is 4. The molecule has 2 N–H and O–H groups in total. The Bertz CT molecular complexity index is 454. The molecule has 0 aromatic carbocycles. The summed E-state index contributed by atoms with van der Waals surface area (Å²) in [4.78, 5) is 28.7. The van der Waals surface area contributed by atoms with E-state index in [1.54, 1.807) is 0 Å². The minimum Gasteiger partial charge on any atom is -0.481 e. The van der Waals surface area contributed by atoms with Crippen LogP contribution in [0.5, 0.6) is 0 Å². The molecule has 0 saturated heterocycles. The number of rotatable bonds is 5. The molecule has 2 rings (SSSR count). The normalized spacial score (nSPS) is 15.0. The van der Waals surface area contributed by atoms with Crippen LogP contribution < -0.4 is 5.56 Å². The smallest absolute Gasteiger partial charge is 0.304 e. The highest BCUT2D eigenvalue weighted by atomic mass is 32.2. The largest absolute Gasteiger partial charge is 0.481 e. The lowest BCUT2D eigenvalue weighted by Crippen LogP contribution is -2.10. The van der Waals surface area contributed by atoms with Crippen LogP contribution in [0.25, 0.3) is 0 Å². The van der Waals surface area contributed by atoms with Gasteiger partial charge in [-0.05, 0) is 12.8 Å². The number of carbonyl (C=O) groups is 1. The van der Waals surface area contributed by atoms with E-state index >= 15 is 0 Å². The third-order valence-electron chi connectivity index (χ3n) is 2.27. The molecule has 16 heavy (non-hydrogen) atoms. The molecule has 0 bridgehead atoms. The van der Waals surface area contributed by atoms with Crippen LogP contribution in [-0.2, 0) is 4.79 Å². The van der Waals surface area contributed by atoms with Crippen molar-refractivity contribution in [2.24, 2.45) is 0 Å². The Kier molecular flexibility index (Phi) is 3.28. The van der Waals surface area contributed by atoms with Crippen molar-refractivity contribution in [3.63, 3.8) is 0 Å². The third-order valence-corrected chi connectivity index (χ3v) is 3.18. The van der Waals surface area contributed by atoms with E-state index in [4.69, 9.17) is 5.11 Å². The molecule has 1 saturated carbocycles. The number of H-pyrrole nitrogens is 1. The number of aromatic amines is 1. The predicted molar refractivity (Wildman–Crippen MR) is 59.8 cm³/mol. The van der Waals surface area contributed by atoms with Gasteiger partial charge in [-0.25, -0.2) is 4.98 Å². The number of aromatic nitrogens is 2. The van der Waals surface area contributed by atoms with Crippen molar-refractivity contribution in [2.75, 3.05) is 5.75 Å². The Balaban J connectivity index is 2.02. The number of hydrogen-bond donors (Lipinski definition) is 2. The summed E-state index contributed by atoms with van der Waals surface area (Å²) in [5, 5.41) is 9.11. The fourth-order valence-corrected chi connectivity index (χ4v) is 2.16. The first-order chi connectivity index (χ1) is 7.65. The summed E-state index contributed by atoms with van der Waals surface area (Å²) < 4.78 is 0. The molecule has 1 fully saturated rings. The van der Waals surface area contributed by atoms with Gasteiger partial charge < -0.3 is 10.1 Å². The molecular formula is C10H12N2O3S. The van der Waals surface area contributed by atoms with E-state index < -0.39 is 5.97 Å². The van der Waals surface area contributed by atoms with E-state index in [1.807, 2.05) is 0 Å². The Morgan fingerprint density at radius 2 is 2.38 bits per heavy atom. The molecule has 86 valence electrons. The number of aliphatic carboxylic acids is 1. The monoisotopic (exact) mass is 240 g/mol. The number of carboxylic acid groups (broad SMARTS) is 1. The van der Waals surface area contributed by atoms with Gasteiger partial charge in [0.25, 0.3) is 5.56 Å². The van der Waals surface area contributed by atoms with E-state index in [2.05, 4.69) is 9.97 Å². The quantitative estimate of drug-likeness (QED) is 0.597. The molecule has 1 aromatic rings. The van der Waals surface area contributed by atoms with Crippen molar-refractivity contribution < 1.29 is 9.90 Å². The second-order valence-corrected chi connectivity index (χ2v) is 4.85. The van der Waals surface area contributed by atoms with Gasteiger partial charge >= 0.3 is 5.97 Å². The van der Waals surface area contributed by atoms with Crippen LogP contribution in [0.15, 0.2) is 15.9 Å². The van der Waals surface area contributed by atoms with Crippen LogP contribution in [0.1, 0.15) is 31.0 Å². The zero-order valence-electron chi connectivity index (χ0n) is 8.60. The minimum atomic E-state index is -0.834. The van der Waals surface area contributed by atoms with E-state index in [0.29, 0.717) is 16.7 Å². The third kappa shape index (κ3) is 3.10. The lowest BCUT2D eigenvalue weighted by molar-refractivity contribution is -0.136. The van der Waals surface area contributed by atoms with Crippen molar-refractivity contribution in [3.8, 4) is 0 Å². The van der Waals surface area contributed by atoms with Crippen LogP contribution in [0.3, 0.4) is 0 Å². The number of carboxylic acids is 1. The second-order valence-electron chi connectivity index (χ2n) is 3.74. The lowest BCUT2D eigenvalue weighted by atomic mass is 10.4. The SMILES string of the molecule is O=C(O)CCSc1cc(=O)[nH]c(C2CC2)n1. The van der Waals surface area contributed by atoms with Gasteiger partial charge in [0.1, 0.15) is 10.9 Å². The number of nitrogens with zero attached hydrogens (tertiary/aromatic N) is 1. The summed E-state index contributed by atoms with van der Waals surface area (Å²) in [7, 11) is 0. The molecule has 6 heteroatoms. The van der Waals surface area contributed by atoms with Crippen LogP contribution >= 0.6 is 11.8 Å². The zero-order valence-corrected chi connectivity index (χ0v) is 9.42. The predicted octanol–water partition coefficient (Wildman–Crippen LogP) is 1.21. The van der Waals surface area contributed by atoms with Crippen molar-refractivity contribution in [2.45, 2.75) is 30.2 Å². The maximum Gasteiger partial charge on any atom is 0.304 e. The second kappa shape index (κ2) is 4.69. The van der Waals surface area contributed by atoms with Gasteiger partial charge in [-0.2, -0.15) is 0 Å². The number of nitrogens with one attached hydrogen (secondary N) is 1. The highest BCUT2D eigenvalue weighted by molar-refractivity contribution is 7.99. The van der Waals surface area contributed by atoms with E-state index in [1.165, 1.54) is 17.8 Å². The molecule has 0 radical (unpaired) electrons. The molecule has 1 aromatic heterocycles. The summed E-state index contributed by atoms with van der Waals surface area (Å²) >= 11 is 1.31. The summed E-state index contributed by atoms with van der Waals surface area (Å²) in [6.07, 6.45) is 2.23. The highest BCUT2D eigenvalue weighted by Crippen LogP contribution is 2.37. The topological polar surface area (TPSA) is 83.0 Å². The van der Waals surface area contributed by atoms with Crippen molar-refractivity contribution in [1.29, 1.82) is 0 Å². The van der Waals surface area contributed by atoms with E-state index in [-0.39, 0.29) is 12.0 Å². The molecule has 0 spiro atoms. The Morgan fingerprint density at radius 1 is 1.62 bits per heavy atom. The van der Waals surface area contributed by atoms with Crippen LogP contribution in [0.4, 0.5) is 0 Å². The van der Waals surface area contributed by atoms with Crippen LogP contribution in [0.2, 0.25) is 0 Å². The summed E-state index contributed by atoms with van der Waals surface area (Å²) in [5.41, 5.74) is -0.158. The molecule has 0 atom stereocenters. The van der Waals surface area contributed by atoms with Crippen LogP contribution in [-0.4, -0.2) is 26.8 Å². The average molecular weight is 240 g/mol. The van der Waals surface area contributed by atoms with Crippen molar-refractivity contribution in [1.82, 2.24) is 9.97 Å². The Hall–Kier alpha value is -1.30. The highest BCUT2D eigenvalue weighted by Gasteiger charge is 2.26. The summed E-state index contributed by atoms with van der Waals surface area (Å²) in [6.45, 7) is 0. The standard InChI is InChI=1S/C10H12N2O3S/c13-7-5-8(16-4-3-9(14)15)12-10(11-7)6-1-2-6/h5-6H,1-4H2,(H,14,15)(H,11,12,13). The first-order valence-electron chi connectivity index (χ1n) is 5.11. The van der Waals surface area contributed by atoms with Gasteiger partial charge in [-0.1, -0.05) is 0 Å². The number of thioether (sulfide) groups is 1. The Morgan fingerprint density at radius 3 is 3.00 bits per heavy atom. The van der Waals surface area contributed by atoms with Gasteiger partial charge in [0.2, 0.25) is 0 Å². The van der Waals surface area contributed by atoms with Gasteiger partial charge in [0.05, 0.1) is 6.42 Å². The van der Waals surface area contributed by atoms with Crippen LogP contribution in [0, 0.1) is 0 Å². The fraction of sp³-hybridized carbons (Fsp3) is 0.500. The first-order valence-corrected chi connectivity index (χ1v) is 6.09. The average Bonchev–Trinajstić information content (AvgIpc) is 2.99. The summed E-state index contributed by atoms with van der Waals surface area (Å²) in [6, 6.07) is 1.42.